The summed E-state index contributed by atoms with van der Waals surface area (Å²) in [5.41, 5.74) is 2.39. The van der Waals surface area contributed by atoms with Gasteiger partial charge in [0.15, 0.2) is 0 Å². The molecule has 154 valence electrons. The van der Waals surface area contributed by atoms with Crippen LogP contribution in [0.15, 0.2) is 48.5 Å². The summed E-state index contributed by atoms with van der Waals surface area (Å²) in [6.07, 6.45) is 1.98. The van der Waals surface area contributed by atoms with E-state index in [1.165, 1.54) is 4.90 Å². The summed E-state index contributed by atoms with van der Waals surface area (Å²) in [5, 5.41) is 8.65. The van der Waals surface area contributed by atoms with Gasteiger partial charge in [0.05, 0.1) is 6.54 Å². The van der Waals surface area contributed by atoms with Crippen molar-refractivity contribution in [3.63, 3.8) is 0 Å². The number of nitrogens with zero attached hydrogens (tertiary/aromatic N) is 1. The van der Waals surface area contributed by atoms with Gasteiger partial charge in [0.1, 0.15) is 0 Å². The fourth-order valence-corrected chi connectivity index (χ4v) is 2.60. The molecule has 0 spiro atoms. The van der Waals surface area contributed by atoms with Gasteiger partial charge in [-0.2, -0.15) is 0 Å². The van der Waals surface area contributed by atoms with E-state index >= 15 is 0 Å². The Hall–Kier alpha value is -3.35. The minimum Gasteiger partial charge on any atom is -0.376 e. The minimum absolute atomic E-state index is 0.0634. The molecule has 0 fully saturated rings. The maximum absolute atomic E-state index is 12.2. The van der Waals surface area contributed by atoms with E-state index in [1.807, 2.05) is 0 Å². The zero-order valence-corrected chi connectivity index (χ0v) is 17.1. The molecule has 0 saturated carbocycles. The predicted molar refractivity (Wildman–Crippen MR) is 115 cm³/mol. The van der Waals surface area contributed by atoms with Crippen molar-refractivity contribution < 1.29 is 14.4 Å². The zero-order chi connectivity index (χ0) is 21.2. The monoisotopic (exact) mass is 396 g/mol. The molecule has 0 radical (unpaired) electrons. The quantitative estimate of drug-likeness (QED) is 0.569. The highest BCUT2D eigenvalue weighted by molar-refractivity contribution is 5.98. The summed E-state index contributed by atoms with van der Waals surface area (Å²) in [6, 6.07) is 13.8. The number of hydrogen-bond donors (Lipinski definition) is 3. The summed E-state index contributed by atoms with van der Waals surface area (Å²) in [5.74, 6) is -0.464. The summed E-state index contributed by atoms with van der Waals surface area (Å²) in [7, 11) is 3.36. The molecule has 3 N–H and O–H groups in total. The van der Waals surface area contributed by atoms with Crippen LogP contribution in [0.25, 0.3) is 0 Å². The Morgan fingerprint density at radius 2 is 1.66 bits per heavy atom. The third-order valence-corrected chi connectivity index (χ3v) is 4.22. The van der Waals surface area contributed by atoms with Crippen LogP contribution in [0.2, 0.25) is 0 Å². The highest BCUT2D eigenvalue weighted by Gasteiger charge is 2.10. The van der Waals surface area contributed by atoms with E-state index in [0.29, 0.717) is 23.4 Å². The molecule has 0 aromatic heterocycles. The van der Waals surface area contributed by atoms with Crippen molar-refractivity contribution in [2.24, 2.45) is 0 Å². The molecule has 7 heteroatoms. The van der Waals surface area contributed by atoms with Crippen molar-refractivity contribution in [2.75, 3.05) is 37.8 Å². The van der Waals surface area contributed by atoms with Crippen LogP contribution in [0.3, 0.4) is 0 Å². The second kappa shape index (κ2) is 10.8. The van der Waals surface area contributed by atoms with Gasteiger partial charge in [0.25, 0.3) is 11.8 Å². The number of benzene rings is 2. The van der Waals surface area contributed by atoms with E-state index in [1.54, 1.807) is 62.6 Å². The lowest BCUT2D eigenvalue weighted by Crippen LogP contribution is -2.24. The van der Waals surface area contributed by atoms with Gasteiger partial charge in [-0.1, -0.05) is 19.4 Å². The maximum atomic E-state index is 12.2. The van der Waals surface area contributed by atoms with Crippen LogP contribution in [-0.4, -0.2) is 49.8 Å². The van der Waals surface area contributed by atoms with Crippen LogP contribution < -0.4 is 16.0 Å². The summed E-state index contributed by atoms with van der Waals surface area (Å²) in [4.78, 5) is 37.7. The van der Waals surface area contributed by atoms with Gasteiger partial charge in [-0.3, -0.25) is 14.4 Å². The first-order chi connectivity index (χ1) is 13.9. The Morgan fingerprint density at radius 1 is 0.931 bits per heavy atom. The third kappa shape index (κ3) is 6.95. The van der Waals surface area contributed by atoms with Gasteiger partial charge >= 0.3 is 0 Å². The smallest absolute Gasteiger partial charge is 0.253 e. The number of anilines is 2. The number of hydrogen-bond acceptors (Lipinski definition) is 4. The number of carbonyl (C=O) groups is 3. The van der Waals surface area contributed by atoms with Gasteiger partial charge in [-0.05, 0) is 48.9 Å². The van der Waals surface area contributed by atoms with Crippen molar-refractivity contribution >= 4 is 29.1 Å². The van der Waals surface area contributed by atoms with Gasteiger partial charge in [-0.25, -0.2) is 0 Å². The molecule has 0 aliphatic rings. The first kappa shape index (κ1) is 21.9. The summed E-state index contributed by atoms with van der Waals surface area (Å²) in [6.45, 7) is 2.80. The molecule has 0 aliphatic carbocycles. The van der Waals surface area contributed by atoms with E-state index in [2.05, 4.69) is 22.9 Å². The van der Waals surface area contributed by atoms with Gasteiger partial charge in [0, 0.05) is 43.1 Å². The molecule has 0 saturated heterocycles. The van der Waals surface area contributed by atoms with Crippen LogP contribution in [0.4, 0.5) is 11.4 Å². The largest absolute Gasteiger partial charge is 0.376 e. The van der Waals surface area contributed by atoms with Crippen molar-refractivity contribution in [1.82, 2.24) is 10.2 Å². The van der Waals surface area contributed by atoms with E-state index in [0.717, 1.165) is 18.5 Å². The number of carbonyl (C=O) groups excluding carboxylic acids is 3. The lowest BCUT2D eigenvalue weighted by atomic mass is 10.2. The van der Waals surface area contributed by atoms with E-state index in [4.69, 9.17) is 0 Å². The third-order valence-electron chi connectivity index (χ3n) is 4.22. The van der Waals surface area contributed by atoms with Gasteiger partial charge in [0.2, 0.25) is 5.91 Å². The number of amides is 3. The number of nitrogens with one attached hydrogen (secondary N) is 3. The lowest BCUT2D eigenvalue weighted by Gasteiger charge is -2.12. The van der Waals surface area contributed by atoms with Gasteiger partial charge < -0.3 is 20.9 Å². The first-order valence-electron chi connectivity index (χ1n) is 9.64. The molecule has 0 bridgehead atoms. The molecule has 0 atom stereocenters. The topological polar surface area (TPSA) is 90.5 Å². The molecular formula is C22H28N4O3. The van der Waals surface area contributed by atoms with Gasteiger partial charge in [-0.15, -0.1) is 0 Å². The van der Waals surface area contributed by atoms with Crippen LogP contribution in [0.1, 0.15) is 40.5 Å². The highest BCUT2D eigenvalue weighted by atomic mass is 16.2. The number of unbranched alkanes of at least 4 members (excludes halogenated alkanes) is 1. The van der Waals surface area contributed by atoms with Crippen molar-refractivity contribution in [3.8, 4) is 0 Å². The normalized spacial score (nSPS) is 10.2. The van der Waals surface area contributed by atoms with Crippen LogP contribution >= 0.6 is 0 Å². The fraction of sp³-hybridized carbons (Fsp3) is 0.318. The van der Waals surface area contributed by atoms with E-state index < -0.39 is 0 Å². The molecule has 2 rings (SSSR count). The molecule has 29 heavy (non-hydrogen) atoms. The van der Waals surface area contributed by atoms with E-state index in [9.17, 15) is 14.4 Å². The molecule has 0 heterocycles. The second-order valence-corrected chi connectivity index (χ2v) is 6.87. The number of rotatable bonds is 9. The second-order valence-electron chi connectivity index (χ2n) is 6.87. The fourth-order valence-electron chi connectivity index (χ4n) is 2.60. The Balaban J connectivity index is 1.85. The highest BCUT2D eigenvalue weighted by Crippen LogP contribution is 2.13. The van der Waals surface area contributed by atoms with Crippen molar-refractivity contribution in [3.05, 3.63) is 59.7 Å². The lowest BCUT2D eigenvalue weighted by molar-refractivity contribution is -0.114. The molecule has 2 aromatic carbocycles. The van der Waals surface area contributed by atoms with Crippen LogP contribution in [0.5, 0.6) is 0 Å². The average Bonchev–Trinajstić information content (AvgIpc) is 2.72. The SMILES string of the molecule is CCCCNC(=O)c1ccc(NCC(=O)Nc2cccc(C(=O)N(C)C)c2)cc1. The van der Waals surface area contributed by atoms with Crippen LogP contribution in [0, 0.1) is 0 Å². The Bertz CT molecular complexity index is 847. The minimum atomic E-state index is -0.235. The molecule has 0 unspecified atom stereocenters. The van der Waals surface area contributed by atoms with E-state index in [-0.39, 0.29) is 24.3 Å². The summed E-state index contributed by atoms with van der Waals surface area (Å²) < 4.78 is 0. The van der Waals surface area contributed by atoms with Crippen LogP contribution in [-0.2, 0) is 4.79 Å². The zero-order valence-electron chi connectivity index (χ0n) is 17.1. The Morgan fingerprint density at radius 3 is 2.31 bits per heavy atom. The van der Waals surface area contributed by atoms with Crippen molar-refractivity contribution in [1.29, 1.82) is 0 Å². The first-order valence-corrected chi connectivity index (χ1v) is 9.64. The molecule has 3 amide bonds. The summed E-state index contributed by atoms with van der Waals surface area (Å²) >= 11 is 0. The maximum Gasteiger partial charge on any atom is 0.253 e. The Labute approximate surface area is 171 Å². The molecule has 0 aliphatic heterocycles. The molecule has 2 aromatic rings. The standard InChI is InChI=1S/C22H28N4O3/c1-4-5-13-23-21(28)16-9-11-18(12-10-16)24-15-20(27)25-19-8-6-7-17(14-19)22(29)26(2)3/h6-12,14,24H,4-5,13,15H2,1-3H3,(H,23,28)(H,25,27). The van der Waals surface area contributed by atoms with Crippen molar-refractivity contribution in [2.45, 2.75) is 19.8 Å². The molecular weight excluding hydrogens is 368 g/mol. The average molecular weight is 396 g/mol. The molecule has 7 nitrogen and oxygen atoms in total. The Kier molecular flexibility index (Phi) is 8.21. The predicted octanol–water partition coefficient (Wildman–Crippen LogP) is 2.97.